The van der Waals surface area contributed by atoms with Gasteiger partial charge in [0.05, 0.1) is 6.54 Å². The van der Waals surface area contributed by atoms with Crippen molar-refractivity contribution in [2.45, 2.75) is 6.92 Å². The van der Waals surface area contributed by atoms with Gasteiger partial charge in [0.25, 0.3) is 0 Å². The van der Waals surface area contributed by atoms with E-state index in [2.05, 4.69) is 16.0 Å². The van der Waals surface area contributed by atoms with Crippen molar-refractivity contribution in [3.8, 4) is 0 Å². The maximum Gasteiger partial charge on any atom is 0.243 e. The summed E-state index contributed by atoms with van der Waals surface area (Å²) in [6, 6.07) is 5.40. The lowest BCUT2D eigenvalue weighted by molar-refractivity contribution is -0.115. The molecule has 0 heterocycles. The van der Waals surface area contributed by atoms with Gasteiger partial charge in [-0.05, 0) is 50.9 Å². The van der Waals surface area contributed by atoms with E-state index in [1.807, 2.05) is 32.0 Å². The molecule has 5 nitrogen and oxygen atoms in total. The molecular weight excluding hydrogens is 308 g/mol. The number of nitrogens with one attached hydrogen (secondary N) is 3. The molecule has 0 aliphatic rings. The van der Waals surface area contributed by atoms with Gasteiger partial charge in [0.15, 0.2) is 5.11 Å². The lowest BCUT2D eigenvalue weighted by Gasteiger charge is -2.14. The van der Waals surface area contributed by atoms with Gasteiger partial charge in [0.2, 0.25) is 5.91 Å². The van der Waals surface area contributed by atoms with Gasteiger partial charge in [0.1, 0.15) is 0 Å². The molecule has 0 fully saturated rings. The Hall–Kier alpha value is -1.37. The summed E-state index contributed by atoms with van der Waals surface area (Å²) in [6.07, 6.45) is 0. The maximum absolute atomic E-state index is 11.9. The molecule has 0 aliphatic heterocycles. The van der Waals surface area contributed by atoms with Crippen molar-refractivity contribution in [3.05, 3.63) is 28.8 Å². The number of hydrogen-bond acceptors (Lipinski definition) is 3. The quantitative estimate of drug-likeness (QED) is 0.693. The van der Waals surface area contributed by atoms with Crippen molar-refractivity contribution in [3.63, 3.8) is 0 Å². The Morgan fingerprint density at radius 3 is 2.71 bits per heavy atom. The van der Waals surface area contributed by atoms with Gasteiger partial charge in [-0.25, -0.2) is 0 Å². The van der Waals surface area contributed by atoms with E-state index in [0.717, 1.165) is 18.7 Å². The highest BCUT2D eigenvalue weighted by atomic mass is 35.5. The highest BCUT2D eigenvalue weighted by Gasteiger charge is 2.07. The fraction of sp³-hybridized carbons (Fsp3) is 0.429. The van der Waals surface area contributed by atoms with Crippen LogP contribution in [-0.4, -0.2) is 49.6 Å². The van der Waals surface area contributed by atoms with Crippen LogP contribution in [0.2, 0.25) is 5.02 Å². The van der Waals surface area contributed by atoms with Crippen LogP contribution in [0.5, 0.6) is 0 Å². The molecule has 116 valence electrons. The largest absolute Gasteiger partial charge is 0.361 e. The van der Waals surface area contributed by atoms with Crippen LogP contribution in [0.3, 0.4) is 0 Å². The Balaban J connectivity index is 2.34. The van der Waals surface area contributed by atoms with E-state index in [4.69, 9.17) is 23.8 Å². The first-order chi connectivity index (χ1) is 9.90. The highest BCUT2D eigenvalue weighted by molar-refractivity contribution is 7.80. The number of rotatable bonds is 6. The zero-order valence-electron chi connectivity index (χ0n) is 12.5. The predicted molar refractivity (Wildman–Crippen MR) is 92.0 cm³/mol. The van der Waals surface area contributed by atoms with Crippen molar-refractivity contribution < 1.29 is 4.79 Å². The van der Waals surface area contributed by atoms with Gasteiger partial charge < -0.3 is 20.9 Å². The van der Waals surface area contributed by atoms with E-state index in [9.17, 15) is 4.79 Å². The lowest BCUT2D eigenvalue weighted by Crippen LogP contribution is -2.42. The van der Waals surface area contributed by atoms with E-state index in [1.54, 1.807) is 12.1 Å². The summed E-state index contributed by atoms with van der Waals surface area (Å²) in [4.78, 5) is 13.9. The molecule has 1 rings (SSSR count). The topological polar surface area (TPSA) is 56.4 Å². The van der Waals surface area contributed by atoms with Crippen LogP contribution in [0.4, 0.5) is 5.69 Å². The van der Waals surface area contributed by atoms with E-state index >= 15 is 0 Å². The molecule has 0 unspecified atom stereocenters. The Kier molecular flexibility index (Phi) is 7.42. The van der Waals surface area contributed by atoms with Gasteiger partial charge in [-0.1, -0.05) is 17.7 Å². The molecular formula is C14H21ClN4OS. The first-order valence-electron chi connectivity index (χ1n) is 6.61. The summed E-state index contributed by atoms with van der Waals surface area (Å²) < 4.78 is 0. The van der Waals surface area contributed by atoms with E-state index < -0.39 is 0 Å². The molecule has 0 radical (unpaired) electrons. The van der Waals surface area contributed by atoms with Crippen molar-refractivity contribution >= 4 is 40.5 Å². The van der Waals surface area contributed by atoms with Gasteiger partial charge in [-0.3, -0.25) is 4.79 Å². The molecule has 1 amide bonds. The number of nitrogens with zero attached hydrogens (tertiary/aromatic N) is 1. The molecule has 1 aromatic carbocycles. The molecule has 0 spiro atoms. The van der Waals surface area contributed by atoms with Crippen molar-refractivity contribution in [2.24, 2.45) is 0 Å². The first-order valence-corrected chi connectivity index (χ1v) is 7.40. The number of benzene rings is 1. The third-order valence-corrected chi connectivity index (χ3v) is 3.49. The maximum atomic E-state index is 11.9. The van der Waals surface area contributed by atoms with Crippen LogP contribution in [0.15, 0.2) is 18.2 Å². The second kappa shape index (κ2) is 8.81. The number of anilines is 1. The third kappa shape index (κ3) is 6.75. The molecule has 7 heteroatoms. The fourth-order valence-electron chi connectivity index (χ4n) is 1.55. The second-order valence-electron chi connectivity index (χ2n) is 4.87. The molecule has 0 saturated carbocycles. The van der Waals surface area contributed by atoms with Crippen molar-refractivity contribution in [2.75, 3.05) is 39.0 Å². The lowest BCUT2D eigenvalue weighted by atomic mass is 10.2. The number of thiocarbonyl (C=S) groups is 1. The van der Waals surface area contributed by atoms with Gasteiger partial charge in [0, 0.05) is 23.8 Å². The summed E-state index contributed by atoms with van der Waals surface area (Å²) in [6.45, 7) is 3.57. The van der Waals surface area contributed by atoms with Crippen LogP contribution in [0, 0.1) is 6.92 Å². The number of halogens is 1. The van der Waals surface area contributed by atoms with Crippen LogP contribution >= 0.6 is 23.8 Å². The predicted octanol–water partition coefficient (Wildman–Crippen LogP) is 1.61. The summed E-state index contributed by atoms with van der Waals surface area (Å²) in [5.41, 5.74) is 1.56. The zero-order valence-corrected chi connectivity index (χ0v) is 14.1. The fourth-order valence-corrected chi connectivity index (χ4v) is 1.90. The number of hydrogen-bond donors (Lipinski definition) is 3. The molecule has 21 heavy (non-hydrogen) atoms. The Morgan fingerprint density at radius 2 is 2.05 bits per heavy atom. The third-order valence-electron chi connectivity index (χ3n) is 2.80. The minimum atomic E-state index is -0.169. The monoisotopic (exact) mass is 328 g/mol. The molecule has 0 aromatic heterocycles. The Bertz CT molecular complexity index is 508. The van der Waals surface area contributed by atoms with Crippen LogP contribution in [0.25, 0.3) is 0 Å². The summed E-state index contributed by atoms with van der Waals surface area (Å²) >= 11 is 11.1. The standard InChI is InChI=1S/C14H21ClN4OS/c1-10-11(15)5-4-6-12(10)18-13(20)9-17-14(21)16-7-8-19(2)3/h4-6H,7-9H2,1-3H3,(H,18,20)(H2,16,17,21). The first kappa shape index (κ1) is 17.7. The Labute approximate surface area is 136 Å². The van der Waals surface area contributed by atoms with E-state index in [0.29, 0.717) is 15.8 Å². The minimum Gasteiger partial charge on any atom is -0.361 e. The minimum absolute atomic E-state index is 0.111. The number of likely N-dealkylation sites (N-methyl/N-ethyl adjacent to an activating group) is 1. The summed E-state index contributed by atoms with van der Waals surface area (Å²) in [7, 11) is 3.97. The number of carbonyl (C=O) groups excluding carboxylic acids is 1. The zero-order chi connectivity index (χ0) is 15.8. The van der Waals surface area contributed by atoms with Crippen LogP contribution in [0.1, 0.15) is 5.56 Å². The molecule has 1 aromatic rings. The normalized spacial score (nSPS) is 10.3. The molecule has 0 atom stereocenters. The number of carbonyl (C=O) groups is 1. The second-order valence-corrected chi connectivity index (χ2v) is 5.69. The summed E-state index contributed by atoms with van der Waals surface area (Å²) in [5, 5.41) is 9.79. The molecule has 0 aliphatic carbocycles. The highest BCUT2D eigenvalue weighted by Crippen LogP contribution is 2.22. The van der Waals surface area contributed by atoms with Crippen LogP contribution < -0.4 is 16.0 Å². The number of amides is 1. The average Bonchev–Trinajstić information content (AvgIpc) is 2.41. The van der Waals surface area contributed by atoms with E-state index in [-0.39, 0.29) is 12.5 Å². The molecule has 0 saturated heterocycles. The Morgan fingerprint density at radius 1 is 1.33 bits per heavy atom. The van der Waals surface area contributed by atoms with Gasteiger partial charge in [-0.2, -0.15) is 0 Å². The summed E-state index contributed by atoms with van der Waals surface area (Å²) in [5.74, 6) is -0.169. The van der Waals surface area contributed by atoms with Crippen LogP contribution in [-0.2, 0) is 4.79 Å². The SMILES string of the molecule is Cc1c(Cl)cccc1NC(=O)CNC(=S)NCCN(C)C. The van der Waals surface area contributed by atoms with Crippen molar-refractivity contribution in [1.82, 2.24) is 15.5 Å². The van der Waals surface area contributed by atoms with Gasteiger partial charge >= 0.3 is 0 Å². The molecule has 3 N–H and O–H groups in total. The smallest absolute Gasteiger partial charge is 0.243 e. The van der Waals surface area contributed by atoms with E-state index in [1.165, 1.54) is 0 Å². The van der Waals surface area contributed by atoms with Crippen molar-refractivity contribution in [1.29, 1.82) is 0 Å². The van der Waals surface area contributed by atoms with Gasteiger partial charge in [-0.15, -0.1) is 0 Å². The molecule has 0 bridgehead atoms. The average molecular weight is 329 g/mol.